The number of carbonyl (C=O) groups is 1. The Kier molecular flexibility index (Phi) is 6.90. The molecule has 0 radical (unpaired) electrons. The number of piperidine rings is 1. The number of benzene rings is 1. The van der Waals surface area contributed by atoms with Gasteiger partial charge in [0.25, 0.3) is 0 Å². The first kappa shape index (κ1) is 19.3. The molecule has 1 aliphatic heterocycles. The van der Waals surface area contributed by atoms with Crippen LogP contribution in [0.1, 0.15) is 30.3 Å². The minimum atomic E-state index is -0.406. The minimum Gasteiger partial charge on any atom is -0.341 e. The zero-order chi connectivity index (χ0) is 16.9. The van der Waals surface area contributed by atoms with Gasteiger partial charge in [0.05, 0.1) is 0 Å². The van der Waals surface area contributed by atoms with Crippen molar-refractivity contribution in [3.8, 4) is 0 Å². The quantitative estimate of drug-likeness (QED) is 0.865. The van der Waals surface area contributed by atoms with Crippen LogP contribution in [-0.2, 0) is 11.2 Å². The highest BCUT2D eigenvalue weighted by molar-refractivity contribution is 5.85. The van der Waals surface area contributed by atoms with Gasteiger partial charge in [-0.05, 0) is 48.2 Å². The fourth-order valence-electron chi connectivity index (χ4n) is 3.24. The van der Waals surface area contributed by atoms with Crippen molar-refractivity contribution in [1.29, 1.82) is 0 Å². The molecule has 1 aliphatic rings. The summed E-state index contributed by atoms with van der Waals surface area (Å²) in [6.07, 6.45) is 2.52. The third-order valence-electron chi connectivity index (χ3n) is 4.77. The summed E-state index contributed by atoms with van der Waals surface area (Å²) < 4.78 is 1.64. The highest BCUT2D eigenvalue weighted by Crippen LogP contribution is 2.22. The molecule has 25 heavy (non-hydrogen) atoms. The lowest BCUT2D eigenvalue weighted by Gasteiger charge is -2.33. The third kappa shape index (κ3) is 4.55. The molecule has 1 atom stereocenters. The topological polar surface area (TPSA) is 89.9 Å². The van der Waals surface area contributed by atoms with E-state index in [2.05, 4.69) is 15.5 Å². The fraction of sp³-hybridized carbons (Fsp3) is 0.529. The molecule has 1 saturated heterocycles. The molecule has 7 nitrogen and oxygen atoms in total. The smallest absolute Gasteiger partial charge is 0.247 e. The van der Waals surface area contributed by atoms with E-state index in [4.69, 9.17) is 5.73 Å². The summed E-state index contributed by atoms with van der Waals surface area (Å²) in [5, 5.41) is 11.7. The summed E-state index contributed by atoms with van der Waals surface area (Å²) in [7, 11) is 0. The Morgan fingerprint density at radius 2 is 1.96 bits per heavy atom. The average Bonchev–Trinajstić information content (AvgIpc) is 3.06. The Morgan fingerprint density at radius 3 is 2.52 bits per heavy atom. The second kappa shape index (κ2) is 8.92. The van der Waals surface area contributed by atoms with Gasteiger partial charge in [0.15, 0.2) is 0 Å². The summed E-state index contributed by atoms with van der Waals surface area (Å²) >= 11 is 0. The lowest BCUT2D eigenvalue weighted by Crippen LogP contribution is -2.44. The average molecular weight is 365 g/mol. The molecule has 1 amide bonds. The summed E-state index contributed by atoms with van der Waals surface area (Å²) in [6, 6.07) is 9.59. The molecule has 1 unspecified atom stereocenters. The van der Waals surface area contributed by atoms with Crippen molar-refractivity contribution in [2.45, 2.75) is 32.2 Å². The molecule has 1 fully saturated rings. The molecular weight excluding hydrogens is 340 g/mol. The van der Waals surface area contributed by atoms with E-state index < -0.39 is 6.04 Å². The molecule has 2 aromatic rings. The molecule has 8 heteroatoms. The molecule has 1 aromatic carbocycles. The van der Waals surface area contributed by atoms with Crippen molar-refractivity contribution in [3.63, 3.8) is 0 Å². The van der Waals surface area contributed by atoms with E-state index in [0.29, 0.717) is 24.7 Å². The van der Waals surface area contributed by atoms with Crippen LogP contribution < -0.4 is 5.73 Å². The number of nitrogens with zero attached hydrogens (tertiary/aromatic N) is 5. The van der Waals surface area contributed by atoms with Crippen molar-refractivity contribution in [2.24, 2.45) is 11.7 Å². The number of nitrogens with two attached hydrogens (primary N) is 1. The van der Waals surface area contributed by atoms with Gasteiger partial charge in [-0.25, -0.2) is 4.68 Å². The highest BCUT2D eigenvalue weighted by Gasteiger charge is 2.31. The first-order valence-electron chi connectivity index (χ1n) is 8.46. The van der Waals surface area contributed by atoms with Gasteiger partial charge in [0.1, 0.15) is 11.9 Å². The molecule has 1 aromatic heterocycles. The predicted molar refractivity (Wildman–Crippen MR) is 97.3 cm³/mol. The van der Waals surface area contributed by atoms with Crippen LogP contribution >= 0.6 is 12.4 Å². The zero-order valence-electron chi connectivity index (χ0n) is 14.4. The molecule has 3 rings (SSSR count). The van der Waals surface area contributed by atoms with Crippen LogP contribution in [0.25, 0.3) is 0 Å². The maximum Gasteiger partial charge on any atom is 0.247 e. The summed E-state index contributed by atoms with van der Waals surface area (Å²) in [5.41, 5.74) is 6.85. The molecular formula is C17H25ClN6O. The number of hydrogen-bond donors (Lipinski definition) is 1. The second-order valence-corrected chi connectivity index (χ2v) is 6.38. The minimum absolute atomic E-state index is 0. The Labute approximate surface area is 154 Å². The van der Waals surface area contributed by atoms with E-state index in [-0.39, 0.29) is 18.3 Å². The fourth-order valence-corrected chi connectivity index (χ4v) is 3.24. The first-order chi connectivity index (χ1) is 11.7. The molecule has 0 bridgehead atoms. The van der Waals surface area contributed by atoms with Gasteiger partial charge in [-0.3, -0.25) is 4.79 Å². The van der Waals surface area contributed by atoms with Gasteiger partial charge in [0.2, 0.25) is 5.91 Å². The van der Waals surface area contributed by atoms with E-state index >= 15 is 0 Å². The van der Waals surface area contributed by atoms with Gasteiger partial charge >= 0.3 is 0 Å². The molecule has 0 aliphatic carbocycles. The van der Waals surface area contributed by atoms with Crippen LogP contribution in [-0.4, -0.2) is 50.6 Å². The van der Waals surface area contributed by atoms with Crippen LogP contribution in [0.4, 0.5) is 0 Å². The second-order valence-electron chi connectivity index (χ2n) is 6.38. The van der Waals surface area contributed by atoms with Crippen molar-refractivity contribution in [2.75, 3.05) is 19.6 Å². The number of rotatable bonds is 5. The van der Waals surface area contributed by atoms with Crippen LogP contribution in [0.2, 0.25) is 0 Å². The van der Waals surface area contributed by atoms with Crippen molar-refractivity contribution in [1.82, 2.24) is 25.1 Å². The Morgan fingerprint density at radius 1 is 1.28 bits per heavy atom. The van der Waals surface area contributed by atoms with Crippen molar-refractivity contribution < 1.29 is 4.79 Å². The lowest BCUT2D eigenvalue weighted by atomic mass is 9.96. The zero-order valence-corrected chi connectivity index (χ0v) is 15.2. The van der Waals surface area contributed by atoms with E-state index in [1.807, 2.05) is 42.2 Å². The standard InChI is InChI=1S/C17H24N6O.ClH/c1-13-19-20-21-23(13)16(11-14-5-3-2-4-6-14)17(24)22-9-7-15(12-18)8-10-22;/h2-6,15-16H,7-12,18H2,1H3;1H. The summed E-state index contributed by atoms with van der Waals surface area (Å²) in [5.74, 6) is 1.27. The number of amides is 1. The van der Waals surface area contributed by atoms with Gasteiger partial charge in [-0.15, -0.1) is 17.5 Å². The van der Waals surface area contributed by atoms with Gasteiger partial charge in [0, 0.05) is 19.5 Å². The first-order valence-corrected chi connectivity index (χ1v) is 8.46. The van der Waals surface area contributed by atoms with Crippen LogP contribution in [0.5, 0.6) is 0 Å². The number of hydrogen-bond acceptors (Lipinski definition) is 5. The summed E-state index contributed by atoms with van der Waals surface area (Å²) in [4.78, 5) is 15.1. The number of likely N-dealkylation sites (tertiary alicyclic amines) is 1. The van der Waals surface area contributed by atoms with Crippen LogP contribution in [0, 0.1) is 12.8 Å². The Balaban J connectivity index is 0.00000225. The highest BCUT2D eigenvalue weighted by atomic mass is 35.5. The van der Waals surface area contributed by atoms with Gasteiger partial charge < -0.3 is 10.6 Å². The van der Waals surface area contributed by atoms with Crippen molar-refractivity contribution >= 4 is 18.3 Å². The maximum absolute atomic E-state index is 13.1. The number of tetrazole rings is 1. The lowest BCUT2D eigenvalue weighted by molar-refractivity contribution is -0.136. The normalized spacial score (nSPS) is 16.3. The monoisotopic (exact) mass is 364 g/mol. The molecule has 136 valence electrons. The predicted octanol–water partition coefficient (Wildman–Crippen LogP) is 1.38. The number of carbonyl (C=O) groups excluding carboxylic acids is 1. The molecule has 2 N–H and O–H groups in total. The van der Waals surface area contributed by atoms with E-state index in [0.717, 1.165) is 31.5 Å². The number of aromatic nitrogens is 4. The van der Waals surface area contributed by atoms with E-state index in [1.165, 1.54) is 0 Å². The Bertz CT molecular complexity index is 669. The van der Waals surface area contributed by atoms with Crippen LogP contribution in [0.3, 0.4) is 0 Å². The van der Waals surface area contributed by atoms with E-state index in [9.17, 15) is 4.79 Å². The maximum atomic E-state index is 13.1. The largest absolute Gasteiger partial charge is 0.341 e. The SMILES string of the molecule is Cc1nnnn1C(Cc1ccccc1)C(=O)N1CCC(CN)CC1.Cl. The van der Waals surface area contributed by atoms with E-state index in [1.54, 1.807) is 4.68 Å². The van der Waals surface area contributed by atoms with Gasteiger partial charge in [-0.1, -0.05) is 30.3 Å². The molecule has 0 saturated carbocycles. The van der Waals surface area contributed by atoms with Crippen molar-refractivity contribution in [3.05, 3.63) is 41.7 Å². The Hall–Kier alpha value is -1.99. The number of aryl methyl sites for hydroxylation is 1. The molecule has 0 spiro atoms. The van der Waals surface area contributed by atoms with Crippen LogP contribution in [0.15, 0.2) is 30.3 Å². The van der Waals surface area contributed by atoms with Gasteiger partial charge in [-0.2, -0.15) is 0 Å². The number of halogens is 1. The summed E-state index contributed by atoms with van der Waals surface area (Å²) in [6.45, 7) is 4.04. The third-order valence-corrected chi connectivity index (χ3v) is 4.77. The molecule has 2 heterocycles.